The molecule has 0 aromatic rings. The minimum absolute atomic E-state index is 0.0162. The van der Waals surface area contributed by atoms with Crippen LogP contribution in [0.4, 0.5) is 0 Å². The highest BCUT2D eigenvalue weighted by atomic mass is 32.1. The number of carbonyl (C=O) groups is 3. The summed E-state index contributed by atoms with van der Waals surface area (Å²) in [5.41, 5.74) is 1.95. The van der Waals surface area contributed by atoms with Gasteiger partial charge < -0.3 is 0 Å². The van der Waals surface area contributed by atoms with Crippen molar-refractivity contribution >= 4 is 29.3 Å². The van der Waals surface area contributed by atoms with Gasteiger partial charge in [-0.1, -0.05) is 26.3 Å². The van der Waals surface area contributed by atoms with E-state index in [2.05, 4.69) is 26.5 Å². The highest BCUT2D eigenvalue weighted by Crippen LogP contribution is 2.66. The summed E-state index contributed by atoms with van der Waals surface area (Å²) in [6, 6.07) is 0. The maximum atomic E-state index is 12.1. The molecule has 0 spiro atoms. The van der Waals surface area contributed by atoms with Gasteiger partial charge in [0.2, 0.25) is 0 Å². The molecule has 0 aromatic heterocycles. The number of rotatable bonds is 3. The number of hydrogen-bond donors (Lipinski definition) is 1. The van der Waals surface area contributed by atoms with Gasteiger partial charge in [0.05, 0.1) is 0 Å². The number of fused-ring (bicyclic) bond motifs is 5. The van der Waals surface area contributed by atoms with Gasteiger partial charge in [-0.3, -0.25) is 14.4 Å². The van der Waals surface area contributed by atoms with Crippen molar-refractivity contribution in [1.29, 1.82) is 0 Å². The second-order valence-corrected chi connectivity index (χ2v) is 10.9. The Balaban J connectivity index is 0.000000353. The van der Waals surface area contributed by atoms with E-state index in [0.29, 0.717) is 23.9 Å². The van der Waals surface area contributed by atoms with Gasteiger partial charge in [0.25, 0.3) is 0 Å². The molecule has 3 saturated carbocycles. The number of hydrogen-bond acceptors (Lipinski definition) is 3. The maximum absolute atomic E-state index is 12.1. The summed E-state index contributed by atoms with van der Waals surface area (Å²) < 4.78 is 0. The normalized spacial score (nSPS) is 40.6. The fraction of sp³-hybridized carbons (Fsp3) is 0.800. The Morgan fingerprint density at radius 3 is 2.38 bits per heavy atom. The first-order valence-electron chi connectivity index (χ1n) is 11.6. The topological polar surface area (TPSA) is 51.2 Å². The smallest absolute Gasteiger partial charge is 0.185 e. The second kappa shape index (κ2) is 8.69. The van der Waals surface area contributed by atoms with E-state index in [-0.39, 0.29) is 15.9 Å². The molecular formula is C25H38O3S. The second-order valence-electron chi connectivity index (χ2n) is 10.4. The quantitative estimate of drug-likeness (QED) is 0.575. The molecule has 4 rings (SSSR count). The van der Waals surface area contributed by atoms with Crippen LogP contribution in [0.25, 0.3) is 0 Å². The van der Waals surface area contributed by atoms with Gasteiger partial charge in [-0.15, -0.1) is 12.6 Å². The average Bonchev–Trinajstić information content (AvgIpc) is 3.00. The number of allylic oxidation sites excluding steroid dienone is 1. The predicted octanol–water partition coefficient (Wildman–Crippen LogP) is 5.97. The molecule has 0 saturated heterocycles. The van der Waals surface area contributed by atoms with Crippen molar-refractivity contribution < 1.29 is 14.4 Å². The molecule has 3 fully saturated rings. The van der Waals surface area contributed by atoms with Crippen LogP contribution in [-0.2, 0) is 14.4 Å². The largest absolute Gasteiger partial charge is 0.300 e. The Morgan fingerprint density at radius 2 is 1.79 bits per heavy atom. The van der Waals surface area contributed by atoms with Crippen molar-refractivity contribution in [2.45, 2.75) is 91.9 Å². The van der Waals surface area contributed by atoms with Crippen molar-refractivity contribution in [3.05, 3.63) is 11.6 Å². The number of ketones is 2. The highest BCUT2D eigenvalue weighted by Gasteiger charge is 2.59. The third-order valence-electron chi connectivity index (χ3n) is 8.92. The van der Waals surface area contributed by atoms with Crippen LogP contribution in [0.1, 0.15) is 91.9 Å². The minimum Gasteiger partial charge on any atom is -0.300 e. The third kappa shape index (κ3) is 4.16. The Labute approximate surface area is 181 Å². The number of thiol groups is 1. The SMILES string of the molecule is CC(=O)C1CCC2C3CCC4=CC(=O)CCC4(C)C3CCC12C.CCCC(=O)S. The lowest BCUT2D eigenvalue weighted by atomic mass is 9.47. The zero-order valence-corrected chi connectivity index (χ0v) is 19.5. The summed E-state index contributed by atoms with van der Waals surface area (Å²) in [6.45, 7) is 8.60. The molecule has 0 aliphatic heterocycles. The fourth-order valence-electron chi connectivity index (χ4n) is 7.44. The van der Waals surface area contributed by atoms with Crippen LogP contribution in [0.2, 0.25) is 0 Å². The van der Waals surface area contributed by atoms with Crippen LogP contribution < -0.4 is 0 Å². The molecular weight excluding hydrogens is 380 g/mol. The van der Waals surface area contributed by atoms with Gasteiger partial charge in [0.15, 0.2) is 10.9 Å². The molecule has 29 heavy (non-hydrogen) atoms. The molecule has 6 unspecified atom stereocenters. The van der Waals surface area contributed by atoms with Crippen molar-refractivity contribution in [2.24, 2.45) is 34.5 Å². The van der Waals surface area contributed by atoms with Crippen LogP contribution in [0.3, 0.4) is 0 Å². The molecule has 4 aliphatic rings. The van der Waals surface area contributed by atoms with E-state index >= 15 is 0 Å². The zero-order chi connectivity index (χ0) is 21.4. The molecule has 0 N–H and O–H groups in total. The van der Waals surface area contributed by atoms with E-state index in [4.69, 9.17) is 0 Å². The van der Waals surface area contributed by atoms with E-state index in [0.717, 1.165) is 49.9 Å². The Morgan fingerprint density at radius 1 is 1.07 bits per heavy atom. The van der Waals surface area contributed by atoms with Crippen LogP contribution >= 0.6 is 12.6 Å². The van der Waals surface area contributed by atoms with Crippen LogP contribution in [-0.4, -0.2) is 16.7 Å². The van der Waals surface area contributed by atoms with Crippen molar-refractivity contribution in [3.63, 3.8) is 0 Å². The van der Waals surface area contributed by atoms with Crippen molar-refractivity contribution in [2.75, 3.05) is 0 Å². The van der Waals surface area contributed by atoms with E-state index in [1.165, 1.54) is 31.3 Å². The summed E-state index contributed by atoms with van der Waals surface area (Å²) in [6.07, 6.45) is 12.5. The van der Waals surface area contributed by atoms with Gasteiger partial charge in [0.1, 0.15) is 5.78 Å². The summed E-state index contributed by atoms with van der Waals surface area (Å²) in [4.78, 5) is 33.9. The third-order valence-corrected chi connectivity index (χ3v) is 9.14. The first-order valence-corrected chi connectivity index (χ1v) is 12.0. The first kappa shape index (κ1) is 22.8. The summed E-state index contributed by atoms with van der Waals surface area (Å²) in [7, 11) is 0. The molecule has 162 valence electrons. The van der Waals surface area contributed by atoms with Crippen LogP contribution in [0, 0.1) is 34.5 Å². The van der Waals surface area contributed by atoms with Crippen LogP contribution in [0.15, 0.2) is 11.6 Å². The summed E-state index contributed by atoms with van der Waals surface area (Å²) in [5.74, 6) is 3.29. The Bertz CT molecular complexity index is 711. The minimum atomic E-state index is -0.0162. The molecule has 6 atom stereocenters. The zero-order valence-electron chi connectivity index (χ0n) is 18.6. The number of Topliss-reactive ketones (excluding diaryl/α,β-unsaturated/α-hetero) is 1. The monoisotopic (exact) mass is 418 g/mol. The predicted molar refractivity (Wildman–Crippen MR) is 120 cm³/mol. The first-order chi connectivity index (χ1) is 13.6. The van der Waals surface area contributed by atoms with Gasteiger partial charge in [0, 0.05) is 18.8 Å². The molecule has 0 amide bonds. The summed E-state index contributed by atoms with van der Waals surface area (Å²) >= 11 is 3.54. The Hall–Kier alpha value is -0.900. The maximum Gasteiger partial charge on any atom is 0.185 e. The number of carbonyl (C=O) groups excluding carboxylic acids is 3. The molecule has 0 heterocycles. The van der Waals surface area contributed by atoms with Gasteiger partial charge >= 0.3 is 0 Å². The lowest BCUT2D eigenvalue weighted by molar-refractivity contribution is -0.128. The highest BCUT2D eigenvalue weighted by molar-refractivity contribution is 7.96. The molecule has 0 aromatic carbocycles. The van der Waals surface area contributed by atoms with Crippen LogP contribution in [0.5, 0.6) is 0 Å². The fourth-order valence-corrected chi connectivity index (χ4v) is 7.66. The molecule has 4 aliphatic carbocycles. The Kier molecular flexibility index (Phi) is 6.82. The van der Waals surface area contributed by atoms with E-state index in [9.17, 15) is 14.4 Å². The van der Waals surface area contributed by atoms with Crippen molar-refractivity contribution in [1.82, 2.24) is 0 Å². The lowest BCUT2D eigenvalue weighted by Gasteiger charge is -2.58. The average molecular weight is 419 g/mol. The van der Waals surface area contributed by atoms with Gasteiger partial charge in [-0.25, -0.2) is 0 Å². The molecule has 4 heteroatoms. The standard InChI is InChI=1S/C21H30O2.C4H8OS/c1-13(22)17-6-7-18-16-5-4-14-12-15(23)8-10-20(14,2)19(16)9-11-21(17,18)3;1-2-3-4(5)6/h12,16-19H,4-11H2,1-3H3;2-3H2,1H3,(H,5,6). The molecule has 0 bridgehead atoms. The molecule has 3 nitrogen and oxygen atoms in total. The van der Waals surface area contributed by atoms with Gasteiger partial charge in [-0.2, -0.15) is 0 Å². The van der Waals surface area contributed by atoms with E-state index in [1.54, 1.807) is 6.92 Å². The van der Waals surface area contributed by atoms with Gasteiger partial charge in [-0.05, 0) is 93.0 Å². The van der Waals surface area contributed by atoms with Crippen molar-refractivity contribution in [3.8, 4) is 0 Å². The van der Waals surface area contributed by atoms with E-state index in [1.807, 2.05) is 13.0 Å². The summed E-state index contributed by atoms with van der Waals surface area (Å²) in [5, 5.41) is -0.0162. The lowest BCUT2D eigenvalue weighted by Crippen LogP contribution is -2.51. The van der Waals surface area contributed by atoms with E-state index < -0.39 is 0 Å². The molecule has 0 radical (unpaired) electrons.